The number of rotatable bonds is 7. The fraction of sp³-hybridized carbons (Fsp3) is 0.412. The molecule has 1 aliphatic heterocycles. The summed E-state index contributed by atoms with van der Waals surface area (Å²) >= 11 is 0. The Bertz CT molecular complexity index is 1030. The molecule has 1 aromatic heterocycles. The number of nitrogens with two attached hydrogens (primary N) is 1. The van der Waals surface area contributed by atoms with E-state index in [4.69, 9.17) is 9.56 Å². The molecular formula is C17H24N4O5S2. The lowest BCUT2D eigenvalue weighted by Crippen LogP contribution is -2.29. The van der Waals surface area contributed by atoms with Gasteiger partial charge in [-0.3, -0.25) is 5.43 Å². The summed E-state index contributed by atoms with van der Waals surface area (Å²) in [6.07, 6.45) is 0.389. The standard InChI is InChI=1S/C17H24N4O5S2/c1-11-12(2)20-21-17(11)15-7-8-16(26-15)28(24,25)19-10-9-13-3-5-14(6-4-13)27(18,22)23/h3-8,11-12,17,19-21H,9-10H2,1-2H3,(H2,18,22,23). The smallest absolute Gasteiger partial charge is 0.273 e. The fourth-order valence-corrected chi connectivity index (χ4v) is 4.48. The maximum absolute atomic E-state index is 12.4. The number of hydrazine groups is 1. The lowest BCUT2D eigenvalue weighted by Gasteiger charge is -2.13. The summed E-state index contributed by atoms with van der Waals surface area (Å²) in [5, 5.41) is 4.92. The zero-order valence-electron chi connectivity index (χ0n) is 15.5. The average molecular weight is 429 g/mol. The summed E-state index contributed by atoms with van der Waals surface area (Å²) in [7, 11) is -7.53. The van der Waals surface area contributed by atoms with E-state index in [9.17, 15) is 16.8 Å². The van der Waals surface area contributed by atoms with Gasteiger partial charge in [0.1, 0.15) is 5.76 Å². The van der Waals surface area contributed by atoms with Gasteiger partial charge in [-0.2, -0.15) is 0 Å². The van der Waals surface area contributed by atoms with Crippen LogP contribution >= 0.6 is 0 Å². The second kappa shape index (κ2) is 7.93. The molecule has 5 N–H and O–H groups in total. The van der Waals surface area contributed by atoms with Crippen LogP contribution < -0.4 is 20.7 Å². The largest absolute Gasteiger partial charge is 0.447 e. The molecule has 0 spiro atoms. The topological polar surface area (TPSA) is 144 Å². The van der Waals surface area contributed by atoms with E-state index in [0.29, 0.717) is 12.2 Å². The summed E-state index contributed by atoms with van der Waals surface area (Å²) in [6.45, 7) is 4.23. The van der Waals surface area contributed by atoms with Crippen LogP contribution in [0.3, 0.4) is 0 Å². The zero-order chi connectivity index (χ0) is 20.5. The fourth-order valence-electron chi connectivity index (χ4n) is 3.00. The molecule has 11 heteroatoms. The summed E-state index contributed by atoms with van der Waals surface area (Å²) in [5.41, 5.74) is 6.99. The van der Waals surface area contributed by atoms with Gasteiger partial charge in [0.05, 0.1) is 10.9 Å². The first-order valence-corrected chi connectivity index (χ1v) is 11.8. The minimum absolute atomic E-state index is 0.0125. The van der Waals surface area contributed by atoms with Crippen molar-refractivity contribution < 1.29 is 21.3 Å². The third-order valence-corrected chi connectivity index (χ3v) is 7.17. The van der Waals surface area contributed by atoms with Crippen LogP contribution in [0.25, 0.3) is 0 Å². The van der Waals surface area contributed by atoms with Gasteiger partial charge in [0, 0.05) is 12.6 Å². The van der Waals surface area contributed by atoms with E-state index in [1.165, 1.54) is 18.2 Å². The molecule has 2 aromatic rings. The minimum Gasteiger partial charge on any atom is -0.447 e. The lowest BCUT2D eigenvalue weighted by atomic mass is 9.96. The molecule has 1 aromatic carbocycles. The van der Waals surface area contributed by atoms with Crippen molar-refractivity contribution in [2.24, 2.45) is 11.1 Å². The lowest BCUT2D eigenvalue weighted by molar-refractivity contribution is 0.342. The van der Waals surface area contributed by atoms with Gasteiger partial charge in [-0.05, 0) is 49.1 Å². The Morgan fingerprint density at radius 3 is 2.29 bits per heavy atom. The molecule has 2 heterocycles. The molecular weight excluding hydrogens is 404 g/mol. The Kier molecular flexibility index (Phi) is 5.94. The van der Waals surface area contributed by atoms with E-state index in [-0.39, 0.29) is 34.5 Å². The first kappa shape index (κ1) is 21.0. The van der Waals surface area contributed by atoms with Crippen molar-refractivity contribution in [2.75, 3.05) is 6.54 Å². The number of primary sulfonamides is 1. The van der Waals surface area contributed by atoms with Crippen molar-refractivity contribution in [3.05, 3.63) is 47.7 Å². The normalized spacial score (nSPS) is 23.2. The van der Waals surface area contributed by atoms with Gasteiger partial charge in [0.2, 0.25) is 15.1 Å². The predicted molar refractivity (Wildman–Crippen MR) is 103 cm³/mol. The van der Waals surface area contributed by atoms with Crippen LogP contribution in [-0.2, 0) is 26.5 Å². The number of furan rings is 1. The molecule has 0 bridgehead atoms. The van der Waals surface area contributed by atoms with Crippen molar-refractivity contribution >= 4 is 20.0 Å². The predicted octanol–water partition coefficient (Wildman–Crippen LogP) is 0.622. The van der Waals surface area contributed by atoms with Crippen molar-refractivity contribution in [2.45, 2.75) is 42.3 Å². The van der Waals surface area contributed by atoms with Crippen molar-refractivity contribution in [3.8, 4) is 0 Å². The van der Waals surface area contributed by atoms with Crippen LogP contribution in [0, 0.1) is 5.92 Å². The van der Waals surface area contributed by atoms with Crippen LogP contribution in [0.5, 0.6) is 0 Å². The summed E-state index contributed by atoms with van der Waals surface area (Å²) < 4.78 is 55.5. The molecule has 1 fully saturated rings. The molecule has 9 nitrogen and oxygen atoms in total. The number of hydrogen-bond acceptors (Lipinski definition) is 7. The summed E-state index contributed by atoms with van der Waals surface area (Å²) in [5.74, 6) is 0.804. The molecule has 1 saturated heterocycles. The van der Waals surface area contributed by atoms with Gasteiger partial charge in [-0.25, -0.2) is 32.1 Å². The highest BCUT2D eigenvalue weighted by molar-refractivity contribution is 7.89. The molecule has 3 unspecified atom stereocenters. The molecule has 1 aliphatic rings. The van der Waals surface area contributed by atoms with E-state index in [1.54, 1.807) is 18.2 Å². The third-order valence-electron chi connectivity index (χ3n) is 4.91. The number of benzene rings is 1. The van der Waals surface area contributed by atoms with Crippen molar-refractivity contribution in [1.82, 2.24) is 15.6 Å². The first-order valence-electron chi connectivity index (χ1n) is 8.80. The minimum atomic E-state index is -3.78. The molecule has 3 rings (SSSR count). The third kappa shape index (κ3) is 4.62. The molecule has 0 radical (unpaired) electrons. The average Bonchev–Trinajstić information content (AvgIpc) is 3.23. The van der Waals surface area contributed by atoms with E-state index in [0.717, 1.165) is 5.56 Å². The number of hydrogen-bond donors (Lipinski definition) is 4. The monoisotopic (exact) mass is 428 g/mol. The summed E-state index contributed by atoms with van der Waals surface area (Å²) in [6, 6.07) is 9.22. The molecule has 0 saturated carbocycles. The number of nitrogens with one attached hydrogen (secondary N) is 3. The van der Waals surface area contributed by atoms with Crippen molar-refractivity contribution in [1.29, 1.82) is 0 Å². The Morgan fingerprint density at radius 1 is 1.04 bits per heavy atom. The molecule has 154 valence electrons. The maximum Gasteiger partial charge on any atom is 0.273 e. The molecule has 0 amide bonds. The molecule has 3 atom stereocenters. The Labute approximate surface area is 164 Å². The highest BCUT2D eigenvalue weighted by atomic mass is 32.2. The Morgan fingerprint density at radius 2 is 1.71 bits per heavy atom. The van der Waals surface area contributed by atoms with Crippen LogP contribution in [0.1, 0.15) is 31.2 Å². The van der Waals surface area contributed by atoms with Gasteiger partial charge >= 0.3 is 0 Å². The van der Waals surface area contributed by atoms with E-state index in [1.807, 2.05) is 6.92 Å². The highest BCUT2D eigenvalue weighted by Gasteiger charge is 2.33. The van der Waals surface area contributed by atoms with Crippen LogP contribution in [0.15, 0.2) is 50.8 Å². The molecule has 28 heavy (non-hydrogen) atoms. The van der Waals surface area contributed by atoms with Crippen LogP contribution in [0.2, 0.25) is 0 Å². The maximum atomic E-state index is 12.4. The molecule has 0 aliphatic carbocycles. The van der Waals surface area contributed by atoms with E-state index >= 15 is 0 Å². The van der Waals surface area contributed by atoms with E-state index < -0.39 is 20.0 Å². The van der Waals surface area contributed by atoms with Gasteiger partial charge in [0.25, 0.3) is 10.0 Å². The van der Waals surface area contributed by atoms with Gasteiger partial charge in [0.15, 0.2) is 0 Å². The van der Waals surface area contributed by atoms with Crippen LogP contribution in [0.4, 0.5) is 0 Å². The SMILES string of the molecule is CC1NNC(c2ccc(S(=O)(=O)NCCc3ccc(S(N)(=O)=O)cc3)o2)C1C. The second-order valence-corrected chi connectivity index (χ2v) is 10.2. The van der Waals surface area contributed by atoms with Crippen molar-refractivity contribution in [3.63, 3.8) is 0 Å². The highest BCUT2D eigenvalue weighted by Crippen LogP contribution is 2.30. The van der Waals surface area contributed by atoms with Crippen LogP contribution in [-0.4, -0.2) is 29.4 Å². The number of sulfonamides is 2. The Balaban J connectivity index is 1.60. The van der Waals surface area contributed by atoms with E-state index in [2.05, 4.69) is 22.5 Å². The zero-order valence-corrected chi connectivity index (χ0v) is 17.2. The quantitative estimate of drug-likeness (QED) is 0.506. The van der Waals surface area contributed by atoms with Gasteiger partial charge in [-0.1, -0.05) is 19.1 Å². The summed E-state index contributed by atoms with van der Waals surface area (Å²) in [4.78, 5) is 0.0125. The van der Waals surface area contributed by atoms with Gasteiger partial charge < -0.3 is 4.42 Å². The first-order chi connectivity index (χ1) is 13.1. The Hall–Kier alpha value is -1.76. The second-order valence-electron chi connectivity index (χ2n) is 6.91. The van der Waals surface area contributed by atoms with Gasteiger partial charge in [-0.15, -0.1) is 0 Å².